The van der Waals surface area contributed by atoms with Crippen LogP contribution >= 0.6 is 0 Å². The highest BCUT2D eigenvalue weighted by molar-refractivity contribution is 5.98. The van der Waals surface area contributed by atoms with E-state index in [-0.39, 0.29) is 35.4 Å². The molecule has 3 aliphatic rings. The van der Waals surface area contributed by atoms with E-state index in [9.17, 15) is 9.59 Å². The van der Waals surface area contributed by atoms with Gasteiger partial charge in [-0.3, -0.25) is 9.59 Å². The van der Waals surface area contributed by atoms with E-state index in [4.69, 9.17) is 9.47 Å². The number of piperidine rings is 1. The van der Waals surface area contributed by atoms with Crippen LogP contribution in [0.5, 0.6) is 5.75 Å². The van der Waals surface area contributed by atoms with Gasteiger partial charge in [0.15, 0.2) is 0 Å². The van der Waals surface area contributed by atoms with E-state index in [1.165, 1.54) is 31.9 Å². The van der Waals surface area contributed by atoms with Gasteiger partial charge >= 0.3 is 5.97 Å². The number of amides is 1. The maximum Gasteiger partial charge on any atom is 0.308 e. The minimum absolute atomic E-state index is 0.0185. The summed E-state index contributed by atoms with van der Waals surface area (Å²) in [5, 5.41) is 2.20. The molecule has 3 fully saturated rings. The van der Waals surface area contributed by atoms with E-state index in [1.54, 1.807) is 0 Å². The highest BCUT2D eigenvalue weighted by Gasteiger charge is 2.54. The highest BCUT2D eigenvalue weighted by atomic mass is 16.5. The highest BCUT2D eigenvalue weighted by Crippen LogP contribution is 2.51. The van der Waals surface area contributed by atoms with Crippen molar-refractivity contribution in [3.8, 4) is 5.75 Å². The number of hydrogen-bond donors (Lipinski definition) is 0. The lowest BCUT2D eigenvalue weighted by Crippen LogP contribution is -2.61. The molecule has 0 N–H and O–H groups in total. The van der Waals surface area contributed by atoms with Crippen LogP contribution in [0.3, 0.4) is 0 Å². The van der Waals surface area contributed by atoms with Gasteiger partial charge < -0.3 is 19.3 Å². The van der Waals surface area contributed by atoms with Gasteiger partial charge in [-0.2, -0.15) is 0 Å². The summed E-state index contributed by atoms with van der Waals surface area (Å²) < 4.78 is 11.8. The molecule has 6 rings (SSSR count). The van der Waals surface area contributed by atoms with E-state index < -0.39 is 0 Å². The Kier molecular flexibility index (Phi) is 7.41. The fourth-order valence-electron chi connectivity index (χ4n) is 7.34. The molecule has 6 heteroatoms. The summed E-state index contributed by atoms with van der Waals surface area (Å²) in [6, 6.07) is 22.2. The van der Waals surface area contributed by atoms with Gasteiger partial charge in [0.2, 0.25) is 0 Å². The average molecular weight is 541 g/mol. The van der Waals surface area contributed by atoms with Crippen molar-refractivity contribution >= 4 is 22.6 Å². The number of nitrogens with zero attached hydrogens (tertiary/aromatic N) is 2. The summed E-state index contributed by atoms with van der Waals surface area (Å²) in [7, 11) is 3.76. The van der Waals surface area contributed by atoms with Crippen LogP contribution < -0.4 is 4.74 Å². The maximum absolute atomic E-state index is 13.9. The number of hydrogen-bond acceptors (Lipinski definition) is 5. The zero-order valence-corrected chi connectivity index (χ0v) is 23.8. The number of carbonyl (C=O) groups excluding carboxylic acids is 2. The van der Waals surface area contributed by atoms with Crippen molar-refractivity contribution in [2.75, 3.05) is 33.8 Å². The number of fused-ring (bicyclic) bond motifs is 2. The molecule has 40 heavy (non-hydrogen) atoms. The zero-order valence-electron chi connectivity index (χ0n) is 23.8. The molecule has 6 nitrogen and oxygen atoms in total. The Hall–Kier alpha value is -3.22. The lowest BCUT2D eigenvalue weighted by molar-refractivity contribution is -0.131. The van der Waals surface area contributed by atoms with E-state index in [1.807, 2.05) is 67.6 Å². The Labute approximate surface area is 237 Å². The zero-order chi connectivity index (χ0) is 27.9. The standard InChI is InChI=1S/C34H40N2O4/c1-23(37)40-30-10-6-9-28(18-30)34-15-16-36(21-24-11-12-24)22-31(34)32(39-3)19-29(20-34)35(2)33(38)27-14-13-25-7-4-5-8-26(25)17-27/h4-10,13-14,17-18,24,29,31-32H,11-12,15-16,19-22H2,1-3H3/t29-,31+,32?,34+/m1/s1. The molecule has 1 amide bonds. The summed E-state index contributed by atoms with van der Waals surface area (Å²) in [5.41, 5.74) is 1.71. The van der Waals surface area contributed by atoms with Gasteiger partial charge in [0.1, 0.15) is 5.75 Å². The molecule has 0 aromatic heterocycles. The lowest BCUT2D eigenvalue weighted by Gasteiger charge is -2.56. The second-order valence-corrected chi connectivity index (χ2v) is 12.2. The second kappa shape index (κ2) is 11.0. The van der Waals surface area contributed by atoms with E-state index in [2.05, 4.69) is 23.1 Å². The predicted molar refractivity (Wildman–Crippen MR) is 157 cm³/mol. The fourth-order valence-corrected chi connectivity index (χ4v) is 7.34. The van der Waals surface area contributed by atoms with Gasteiger partial charge in [0.25, 0.3) is 5.91 Å². The first-order chi connectivity index (χ1) is 19.4. The number of esters is 1. The Morgan fingerprint density at radius 2 is 1.82 bits per heavy atom. The Morgan fingerprint density at radius 1 is 1.02 bits per heavy atom. The van der Waals surface area contributed by atoms with Gasteiger partial charge in [0, 0.05) is 57.1 Å². The molecular formula is C34H40N2O4. The molecule has 1 aliphatic heterocycles. The molecule has 1 saturated heterocycles. The molecule has 3 aromatic carbocycles. The molecule has 0 spiro atoms. The van der Waals surface area contributed by atoms with Crippen molar-refractivity contribution < 1.29 is 19.1 Å². The van der Waals surface area contributed by atoms with Crippen LogP contribution in [-0.4, -0.2) is 67.6 Å². The minimum atomic E-state index is -0.317. The van der Waals surface area contributed by atoms with Gasteiger partial charge in [-0.25, -0.2) is 0 Å². The lowest BCUT2D eigenvalue weighted by atomic mass is 9.56. The normalized spacial score (nSPS) is 26.7. The second-order valence-electron chi connectivity index (χ2n) is 12.2. The van der Waals surface area contributed by atoms with E-state index >= 15 is 0 Å². The molecule has 1 unspecified atom stereocenters. The third-order valence-corrected chi connectivity index (χ3v) is 9.64. The topological polar surface area (TPSA) is 59.1 Å². The molecule has 2 saturated carbocycles. The Bertz CT molecular complexity index is 1400. The molecule has 0 radical (unpaired) electrons. The van der Waals surface area contributed by atoms with E-state index in [0.29, 0.717) is 11.3 Å². The number of methoxy groups -OCH3 is 1. The van der Waals surface area contributed by atoms with Crippen LogP contribution in [0.2, 0.25) is 0 Å². The van der Waals surface area contributed by atoms with Crippen molar-refractivity contribution in [1.82, 2.24) is 9.80 Å². The van der Waals surface area contributed by atoms with Crippen molar-refractivity contribution in [3.05, 3.63) is 77.9 Å². The number of carbonyl (C=O) groups is 2. The van der Waals surface area contributed by atoms with Crippen molar-refractivity contribution in [2.24, 2.45) is 11.8 Å². The third-order valence-electron chi connectivity index (χ3n) is 9.64. The van der Waals surface area contributed by atoms with Crippen LogP contribution in [-0.2, 0) is 14.9 Å². The summed E-state index contributed by atoms with van der Waals surface area (Å²) in [6.45, 7) is 4.62. The van der Waals surface area contributed by atoms with Crippen molar-refractivity contribution in [1.29, 1.82) is 0 Å². The van der Waals surface area contributed by atoms with Crippen LogP contribution in [0.1, 0.15) is 54.9 Å². The first-order valence-electron chi connectivity index (χ1n) is 14.7. The fraction of sp³-hybridized carbons (Fsp3) is 0.471. The number of rotatable bonds is 7. The quantitative estimate of drug-likeness (QED) is 0.285. The van der Waals surface area contributed by atoms with Crippen molar-refractivity contribution in [3.63, 3.8) is 0 Å². The van der Waals surface area contributed by atoms with Crippen LogP contribution in [0.15, 0.2) is 66.7 Å². The summed E-state index contributed by atoms with van der Waals surface area (Å²) in [5.74, 6) is 1.43. The minimum Gasteiger partial charge on any atom is -0.427 e. The summed E-state index contributed by atoms with van der Waals surface area (Å²) >= 11 is 0. The smallest absolute Gasteiger partial charge is 0.308 e. The average Bonchev–Trinajstić information content (AvgIpc) is 3.79. The van der Waals surface area contributed by atoms with Crippen LogP contribution in [0, 0.1) is 11.8 Å². The molecule has 3 aromatic rings. The van der Waals surface area contributed by atoms with Crippen LogP contribution in [0.25, 0.3) is 10.8 Å². The van der Waals surface area contributed by atoms with Gasteiger partial charge in [-0.15, -0.1) is 0 Å². The van der Waals surface area contributed by atoms with Gasteiger partial charge in [-0.05, 0) is 85.2 Å². The molecule has 2 aliphatic carbocycles. The van der Waals surface area contributed by atoms with E-state index in [0.717, 1.165) is 49.0 Å². The monoisotopic (exact) mass is 540 g/mol. The molecule has 4 atom stereocenters. The predicted octanol–water partition coefficient (Wildman–Crippen LogP) is 5.68. The largest absolute Gasteiger partial charge is 0.427 e. The van der Waals surface area contributed by atoms with Crippen molar-refractivity contribution in [2.45, 2.75) is 56.6 Å². The third kappa shape index (κ3) is 5.27. The molecule has 0 bridgehead atoms. The Morgan fingerprint density at radius 3 is 2.58 bits per heavy atom. The first kappa shape index (κ1) is 27.0. The molecular weight excluding hydrogens is 500 g/mol. The summed E-state index contributed by atoms with van der Waals surface area (Å²) in [6.07, 6.45) is 5.35. The maximum atomic E-state index is 13.9. The number of likely N-dealkylation sites (tertiary alicyclic amines) is 1. The number of benzene rings is 3. The SMILES string of the molecule is COC1C[C@@H](N(C)C(=O)c2ccc3ccccc3c2)C[C@]2(c3cccc(OC(C)=O)c3)CCN(CC3CC3)C[C@@H]12. The molecule has 210 valence electrons. The van der Waals surface area contributed by atoms with Crippen LogP contribution in [0.4, 0.5) is 0 Å². The number of ether oxygens (including phenoxy) is 2. The van der Waals surface area contributed by atoms with Gasteiger partial charge in [0.05, 0.1) is 6.10 Å². The van der Waals surface area contributed by atoms with Gasteiger partial charge in [-0.1, -0.05) is 42.5 Å². The summed E-state index contributed by atoms with van der Waals surface area (Å²) in [4.78, 5) is 30.2. The Balaban J connectivity index is 1.33. The first-order valence-corrected chi connectivity index (χ1v) is 14.7. The molecule has 1 heterocycles.